The maximum absolute atomic E-state index is 6.06. The minimum atomic E-state index is 0.000344. The fourth-order valence-electron chi connectivity index (χ4n) is 1.75. The number of hydrogen-bond donors (Lipinski definition) is 2. The third kappa shape index (κ3) is 2.91. The normalized spacial score (nSPS) is 12.6. The van der Waals surface area contributed by atoms with Gasteiger partial charge < -0.3 is 10.7 Å². The second-order valence-corrected chi connectivity index (χ2v) is 4.17. The Bertz CT molecular complexity index is 449. The molecule has 90 valence electrons. The van der Waals surface area contributed by atoms with E-state index in [1.54, 1.807) is 6.20 Å². The van der Waals surface area contributed by atoms with Crippen molar-refractivity contribution in [2.75, 3.05) is 0 Å². The molecule has 17 heavy (non-hydrogen) atoms. The molecule has 1 unspecified atom stereocenters. The molecule has 2 aromatic heterocycles. The number of nitrogens with one attached hydrogen (secondary N) is 1. The van der Waals surface area contributed by atoms with Crippen LogP contribution >= 0.6 is 0 Å². The van der Waals surface area contributed by atoms with Crippen LogP contribution in [-0.4, -0.2) is 15.0 Å². The highest BCUT2D eigenvalue weighted by Crippen LogP contribution is 2.19. The molecule has 1 atom stereocenters. The number of H-pyrrole nitrogens is 1. The number of aromatic nitrogens is 3. The first-order valence-electron chi connectivity index (χ1n) is 6.02. The molecule has 0 aliphatic rings. The number of pyridine rings is 1. The zero-order valence-electron chi connectivity index (χ0n) is 10.1. The van der Waals surface area contributed by atoms with Gasteiger partial charge in [0.1, 0.15) is 5.82 Å². The Morgan fingerprint density at radius 1 is 1.41 bits per heavy atom. The Labute approximate surface area is 101 Å². The fraction of sp³-hybridized carbons (Fsp3) is 0.385. The maximum Gasteiger partial charge on any atom is 0.123 e. The second kappa shape index (κ2) is 5.59. The summed E-state index contributed by atoms with van der Waals surface area (Å²) in [6.45, 7) is 2.16. The minimum absolute atomic E-state index is 0.000344. The molecule has 4 heteroatoms. The molecule has 0 aromatic carbocycles. The van der Waals surface area contributed by atoms with E-state index in [-0.39, 0.29) is 6.04 Å². The summed E-state index contributed by atoms with van der Waals surface area (Å²) in [4.78, 5) is 11.7. The number of rotatable bonds is 5. The summed E-state index contributed by atoms with van der Waals surface area (Å²) in [5.74, 6) is 0.859. The van der Waals surface area contributed by atoms with Crippen LogP contribution in [0.5, 0.6) is 0 Å². The number of nitrogens with two attached hydrogens (primary N) is 1. The van der Waals surface area contributed by atoms with Crippen LogP contribution in [0.4, 0.5) is 0 Å². The van der Waals surface area contributed by atoms with Gasteiger partial charge in [-0.1, -0.05) is 19.8 Å². The summed E-state index contributed by atoms with van der Waals surface area (Å²) in [5.41, 5.74) is 8.07. The summed E-state index contributed by atoms with van der Waals surface area (Å²) in [6, 6.07) is 3.91. The molecule has 3 N–H and O–H groups in total. The van der Waals surface area contributed by atoms with Gasteiger partial charge in [0.25, 0.3) is 0 Å². The molecule has 0 saturated carbocycles. The highest BCUT2D eigenvalue weighted by atomic mass is 15.0. The molecule has 0 aliphatic carbocycles. The van der Waals surface area contributed by atoms with Crippen LogP contribution in [-0.2, 0) is 0 Å². The summed E-state index contributed by atoms with van der Waals surface area (Å²) in [5, 5.41) is 0. The third-order valence-corrected chi connectivity index (χ3v) is 2.79. The maximum atomic E-state index is 6.06. The number of nitrogens with zero attached hydrogens (tertiary/aromatic N) is 2. The van der Waals surface area contributed by atoms with E-state index in [0.29, 0.717) is 0 Å². The largest absolute Gasteiger partial charge is 0.341 e. The van der Waals surface area contributed by atoms with Crippen molar-refractivity contribution in [1.29, 1.82) is 0 Å². The van der Waals surface area contributed by atoms with Gasteiger partial charge in [-0.15, -0.1) is 0 Å². The van der Waals surface area contributed by atoms with E-state index in [2.05, 4.69) is 21.9 Å². The van der Waals surface area contributed by atoms with Crippen LogP contribution in [0.2, 0.25) is 0 Å². The van der Waals surface area contributed by atoms with E-state index in [1.807, 2.05) is 24.5 Å². The Morgan fingerprint density at radius 2 is 2.29 bits per heavy atom. The lowest BCUT2D eigenvalue weighted by molar-refractivity contribution is 0.580. The second-order valence-electron chi connectivity index (χ2n) is 4.17. The van der Waals surface area contributed by atoms with Gasteiger partial charge in [0.05, 0.1) is 17.9 Å². The Hall–Kier alpha value is -1.68. The molecule has 0 saturated heterocycles. The third-order valence-electron chi connectivity index (χ3n) is 2.79. The molecule has 2 aromatic rings. The first-order chi connectivity index (χ1) is 8.31. The van der Waals surface area contributed by atoms with Gasteiger partial charge in [-0.3, -0.25) is 4.98 Å². The van der Waals surface area contributed by atoms with Crippen LogP contribution in [0.15, 0.2) is 30.7 Å². The van der Waals surface area contributed by atoms with Gasteiger partial charge in [-0.25, -0.2) is 4.98 Å². The van der Waals surface area contributed by atoms with E-state index in [9.17, 15) is 0 Å². The first-order valence-corrected chi connectivity index (χ1v) is 6.02. The van der Waals surface area contributed by atoms with Crippen molar-refractivity contribution in [3.8, 4) is 11.3 Å². The van der Waals surface area contributed by atoms with Crippen molar-refractivity contribution in [1.82, 2.24) is 15.0 Å². The molecule has 2 heterocycles. The summed E-state index contributed by atoms with van der Waals surface area (Å²) in [6.07, 6.45) is 8.64. The van der Waals surface area contributed by atoms with Crippen molar-refractivity contribution in [2.45, 2.75) is 32.2 Å². The monoisotopic (exact) mass is 230 g/mol. The highest BCUT2D eigenvalue weighted by Gasteiger charge is 2.10. The molecule has 0 aliphatic heterocycles. The smallest absolute Gasteiger partial charge is 0.123 e. The zero-order valence-corrected chi connectivity index (χ0v) is 10.1. The molecule has 0 bridgehead atoms. The standard InChI is InChI=1S/C13H18N4/c1-2-3-6-11(14)13-16-9-12(17-13)10-5-4-7-15-8-10/h4-5,7-9,11H,2-3,6,14H2,1H3,(H,16,17). The van der Waals surface area contributed by atoms with E-state index in [1.165, 1.54) is 0 Å². The molecule has 0 spiro atoms. The topological polar surface area (TPSA) is 67.6 Å². The lowest BCUT2D eigenvalue weighted by Crippen LogP contribution is -2.11. The van der Waals surface area contributed by atoms with Crippen molar-refractivity contribution in [3.63, 3.8) is 0 Å². The van der Waals surface area contributed by atoms with Gasteiger partial charge in [-0.2, -0.15) is 0 Å². The van der Waals surface area contributed by atoms with Crippen LogP contribution in [0, 0.1) is 0 Å². The van der Waals surface area contributed by atoms with Crippen LogP contribution in [0.3, 0.4) is 0 Å². The van der Waals surface area contributed by atoms with Gasteiger partial charge in [0, 0.05) is 18.0 Å². The highest BCUT2D eigenvalue weighted by molar-refractivity contribution is 5.56. The lowest BCUT2D eigenvalue weighted by atomic mass is 10.1. The quantitative estimate of drug-likeness (QED) is 0.829. The first kappa shape index (κ1) is 11.8. The summed E-state index contributed by atoms with van der Waals surface area (Å²) >= 11 is 0. The van der Waals surface area contributed by atoms with Gasteiger partial charge in [0.2, 0.25) is 0 Å². The Balaban J connectivity index is 2.11. The van der Waals surface area contributed by atoms with Gasteiger partial charge in [0.15, 0.2) is 0 Å². The predicted molar refractivity (Wildman–Crippen MR) is 68.3 cm³/mol. The number of unbranched alkanes of at least 4 members (excludes halogenated alkanes) is 1. The fourth-order valence-corrected chi connectivity index (χ4v) is 1.75. The van der Waals surface area contributed by atoms with Crippen molar-refractivity contribution >= 4 is 0 Å². The van der Waals surface area contributed by atoms with Crippen molar-refractivity contribution in [3.05, 3.63) is 36.5 Å². The Morgan fingerprint density at radius 3 is 3.00 bits per heavy atom. The van der Waals surface area contributed by atoms with E-state index in [0.717, 1.165) is 36.3 Å². The average Bonchev–Trinajstić information content (AvgIpc) is 2.86. The van der Waals surface area contributed by atoms with Crippen LogP contribution < -0.4 is 5.73 Å². The molecule has 2 rings (SSSR count). The van der Waals surface area contributed by atoms with E-state index >= 15 is 0 Å². The molecular formula is C13H18N4. The van der Waals surface area contributed by atoms with E-state index in [4.69, 9.17) is 5.73 Å². The average molecular weight is 230 g/mol. The molecule has 4 nitrogen and oxygen atoms in total. The molecule has 0 radical (unpaired) electrons. The van der Waals surface area contributed by atoms with Crippen LogP contribution in [0.1, 0.15) is 38.1 Å². The summed E-state index contributed by atoms with van der Waals surface area (Å²) in [7, 11) is 0. The number of hydrogen-bond acceptors (Lipinski definition) is 3. The lowest BCUT2D eigenvalue weighted by Gasteiger charge is -2.06. The molecule has 0 fully saturated rings. The van der Waals surface area contributed by atoms with Crippen molar-refractivity contribution in [2.24, 2.45) is 5.73 Å². The zero-order chi connectivity index (χ0) is 12.1. The van der Waals surface area contributed by atoms with Crippen LogP contribution in [0.25, 0.3) is 11.3 Å². The SMILES string of the molecule is CCCCC(N)c1ncc(-c2cccnc2)[nH]1. The number of aromatic amines is 1. The van der Waals surface area contributed by atoms with Gasteiger partial charge in [-0.05, 0) is 18.6 Å². The summed E-state index contributed by atoms with van der Waals surface area (Å²) < 4.78 is 0. The minimum Gasteiger partial charge on any atom is -0.341 e. The Kier molecular flexibility index (Phi) is 3.88. The molecular weight excluding hydrogens is 212 g/mol. The predicted octanol–water partition coefficient (Wildman–Crippen LogP) is 2.66. The van der Waals surface area contributed by atoms with E-state index < -0.39 is 0 Å². The number of imidazole rings is 1. The van der Waals surface area contributed by atoms with Gasteiger partial charge >= 0.3 is 0 Å². The molecule has 0 amide bonds. The van der Waals surface area contributed by atoms with Crippen molar-refractivity contribution < 1.29 is 0 Å².